The van der Waals surface area contributed by atoms with Crippen LogP contribution in [0.4, 0.5) is 11.4 Å². The van der Waals surface area contributed by atoms with Gasteiger partial charge in [0.2, 0.25) is 5.69 Å². The summed E-state index contributed by atoms with van der Waals surface area (Å²) in [5.41, 5.74) is 2.32. The number of nitrogens with zero attached hydrogens (tertiary/aromatic N) is 2. The van der Waals surface area contributed by atoms with Crippen LogP contribution in [0.3, 0.4) is 0 Å². The fourth-order valence-corrected chi connectivity index (χ4v) is 3.29. The minimum atomic E-state index is 0.133. The maximum Gasteiger partial charge on any atom is 0.245 e. The lowest BCUT2D eigenvalue weighted by Gasteiger charge is -2.04. The highest BCUT2D eigenvalue weighted by atomic mass is 16.5. The van der Waals surface area contributed by atoms with E-state index in [1.165, 1.54) is 81.9 Å². The Morgan fingerprint density at radius 3 is 1.86 bits per heavy atom. The zero-order chi connectivity index (χ0) is 20.0. The molecule has 0 atom stereocenters. The molecule has 0 unspecified atom stereocenters. The van der Waals surface area contributed by atoms with E-state index in [2.05, 4.69) is 24.2 Å². The van der Waals surface area contributed by atoms with Gasteiger partial charge in [0.1, 0.15) is 11.4 Å². The Hall–Kier alpha value is -2.36. The third-order valence-electron chi connectivity index (χ3n) is 5.03. The molecule has 2 aromatic rings. The van der Waals surface area contributed by atoms with E-state index >= 15 is 0 Å². The van der Waals surface area contributed by atoms with Gasteiger partial charge in [0.05, 0.1) is 0 Å². The number of hydrogen-bond acceptors (Lipinski definition) is 3. The molecule has 0 aliphatic rings. The number of aromatic hydroxyl groups is 1. The second kappa shape index (κ2) is 12.9. The Bertz CT molecular complexity index is 694. The van der Waals surface area contributed by atoms with E-state index in [9.17, 15) is 10.3 Å². The van der Waals surface area contributed by atoms with E-state index in [0.29, 0.717) is 16.2 Å². The van der Waals surface area contributed by atoms with Crippen LogP contribution in [0.5, 0.6) is 5.75 Å². The van der Waals surface area contributed by atoms with Crippen molar-refractivity contribution in [1.29, 1.82) is 0 Å². The van der Waals surface area contributed by atoms with Crippen LogP contribution in [0.25, 0.3) is 0 Å². The zero-order valence-corrected chi connectivity index (χ0v) is 17.1. The molecule has 2 rings (SSSR count). The first-order valence-corrected chi connectivity index (χ1v) is 10.8. The molecule has 1 N–H and O–H groups in total. The molecule has 0 bridgehead atoms. The second-order valence-electron chi connectivity index (χ2n) is 7.49. The van der Waals surface area contributed by atoms with Crippen molar-refractivity contribution in [3.63, 3.8) is 0 Å². The van der Waals surface area contributed by atoms with Gasteiger partial charge in [-0.15, -0.1) is 0 Å². The average Bonchev–Trinajstić information content (AvgIpc) is 2.71. The van der Waals surface area contributed by atoms with E-state index in [-0.39, 0.29) is 5.75 Å². The summed E-state index contributed by atoms with van der Waals surface area (Å²) >= 11 is 0. The standard InChI is InChI=1S/C24H34N2O2/c1-2-3-4-5-6-7-8-9-10-11-12-21-13-15-22(16-14-21)25-26(28)23-17-19-24(27)20-18-23/h13-20,27H,2-12H2,1H3. The fraction of sp³-hybridized carbons (Fsp3) is 0.500. The average molecular weight is 383 g/mol. The monoisotopic (exact) mass is 382 g/mol. The van der Waals surface area contributed by atoms with Crippen LogP contribution >= 0.6 is 0 Å². The van der Waals surface area contributed by atoms with E-state index in [1.54, 1.807) is 12.1 Å². The van der Waals surface area contributed by atoms with Crippen molar-refractivity contribution in [3.05, 3.63) is 59.3 Å². The van der Waals surface area contributed by atoms with Crippen LogP contribution in [-0.4, -0.2) is 9.97 Å². The molecule has 0 aromatic heterocycles. The molecule has 2 aromatic carbocycles. The maximum absolute atomic E-state index is 12.0. The Morgan fingerprint density at radius 2 is 1.29 bits per heavy atom. The number of benzene rings is 2. The molecule has 4 nitrogen and oxygen atoms in total. The number of rotatable bonds is 13. The number of azo groups is 1. The SMILES string of the molecule is CCCCCCCCCCCCc1ccc(N=[N+]([O-])c2ccc(O)cc2)cc1. The van der Waals surface area contributed by atoms with E-state index in [0.717, 1.165) is 6.42 Å². The summed E-state index contributed by atoms with van der Waals surface area (Å²) in [6, 6.07) is 13.9. The number of phenols is 1. The molecule has 0 aliphatic carbocycles. The molecule has 0 aliphatic heterocycles. The normalized spacial score (nSPS) is 11.7. The number of hydrogen-bond donors (Lipinski definition) is 1. The van der Waals surface area contributed by atoms with Crippen LogP contribution in [-0.2, 0) is 6.42 Å². The first-order valence-electron chi connectivity index (χ1n) is 10.8. The predicted octanol–water partition coefficient (Wildman–Crippen LogP) is 7.78. The third-order valence-corrected chi connectivity index (χ3v) is 5.03. The molecular formula is C24H34N2O2. The minimum Gasteiger partial charge on any atom is -0.594 e. The van der Waals surface area contributed by atoms with Gasteiger partial charge >= 0.3 is 0 Å². The summed E-state index contributed by atoms with van der Waals surface area (Å²) in [4.78, 5) is 0.580. The van der Waals surface area contributed by atoms with E-state index < -0.39 is 0 Å². The van der Waals surface area contributed by atoms with Crippen molar-refractivity contribution in [2.45, 2.75) is 77.6 Å². The van der Waals surface area contributed by atoms with Gasteiger partial charge in [0.15, 0.2) is 0 Å². The van der Waals surface area contributed by atoms with Crippen molar-refractivity contribution in [2.24, 2.45) is 5.11 Å². The van der Waals surface area contributed by atoms with Gasteiger partial charge in [0.25, 0.3) is 0 Å². The topological polar surface area (TPSA) is 58.7 Å². The smallest absolute Gasteiger partial charge is 0.245 e. The molecule has 0 saturated carbocycles. The summed E-state index contributed by atoms with van der Waals surface area (Å²) in [5, 5.41) is 25.4. The van der Waals surface area contributed by atoms with Gasteiger partial charge in [-0.1, -0.05) is 81.7 Å². The van der Waals surface area contributed by atoms with Crippen molar-refractivity contribution in [2.75, 3.05) is 0 Å². The first-order chi connectivity index (χ1) is 13.7. The van der Waals surface area contributed by atoms with Gasteiger partial charge in [-0.3, -0.25) is 0 Å². The Kier molecular flexibility index (Phi) is 10.1. The molecule has 152 valence electrons. The molecule has 4 heteroatoms. The highest BCUT2D eigenvalue weighted by Gasteiger charge is 2.04. The molecule has 0 spiro atoms. The van der Waals surface area contributed by atoms with Crippen molar-refractivity contribution in [3.8, 4) is 5.75 Å². The summed E-state index contributed by atoms with van der Waals surface area (Å²) < 4.78 is 0. The lowest BCUT2D eigenvalue weighted by molar-refractivity contribution is -0.435. The molecule has 0 saturated heterocycles. The maximum atomic E-state index is 12.0. The third kappa shape index (κ3) is 8.55. The predicted molar refractivity (Wildman–Crippen MR) is 115 cm³/mol. The van der Waals surface area contributed by atoms with Gasteiger partial charge in [-0.2, -0.15) is 0 Å². The Labute approximate surface area is 169 Å². The van der Waals surface area contributed by atoms with E-state index in [4.69, 9.17) is 0 Å². The fourth-order valence-electron chi connectivity index (χ4n) is 3.29. The Balaban J connectivity index is 1.64. The van der Waals surface area contributed by atoms with Gasteiger partial charge in [-0.25, -0.2) is 0 Å². The lowest BCUT2D eigenvalue weighted by Crippen LogP contribution is -1.90. The lowest BCUT2D eigenvalue weighted by atomic mass is 10.0. The van der Waals surface area contributed by atoms with Crippen molar-refractivity contribution in [1.82, 2.24) is 0 Å². The van der Waals surface area contributed by atoms with Crippen LogP contribution in [0, 0.1) is 5.21 Å². The largest absolute Gasteiger partial charge is 0.594 e. The van der Waals surface area contributed by atoms with Gasteiger partial charge in [-0.05, 0) is 42.7 Å². The molecule has 28 heavy (non-hydrogen) atoms. The van der Waals surface area contributed by atoms with Gasteiger partial charge < -0.3 is 10.3 Å². The van der Waals surface area contributed by atoms with Crippen LogP contribution in [0.15, 0.2) is 53.6 Å². The Morgan fingerprint density at radius 1 is 0.750 bits per heavy atom. The van der Waals surface area contributed by atoms with Crippen molar-refractivity contribution < 1.29 is 9.97 Å². The second-order valence-corrected chi connectivity index (χ2v) is 7.49. The minimum absolute atomic E-state index is 0.133. The first kappa shape index (κ1) is 21.9. The number of aryl methyl sites for hydroxylation is 1. The molecule has 0 radical (unpaired) electrons. The summed E-state index contributed by atoms with van der Waals surface area (Å²) in [6.07, 6.45) is 14.6. The molecule has 0 fully saturated rings. The number of unbranched alkanes of at least 4 members (excludes halogenated alkanes) is 9. The molecular weight excluding hydrogens is 348 g/mol. The highest BCUT2D eigenvalue weighted by Crippen LogP contribution is 2.21. The van der Waals surface area contributed by atoms with E-state index in [1.807, 2.05) is 12.1 Å². The summed E-state index contributed by atoms with van der Waals surface area (Å²) in [5.74, 6) is 0.133. The van der Waals surface area contributed by atoms with Crippen LogP contribution < -0.4 is 0 Å². The summed E-state index contributed by atoms with van der Waals surface area (Å²) in [6.45, 7) is 2.26. The molecule has 0 heterocycles. The zero-order valence-electron chi connectivity index (χ0n) is 17.1. The van der Waals surface area contributed by atoms with Gasteiger partial charge in [0, 0.05) is 17.2 Å². The van der Waals surface area contributed by atoms with Crippen LogP contribution in [0.2, 0.25) is 0 Å². The highest BCUT2D eigenvalue weighted by molar-refractivity contribution is 5.39. The molecule has 0 amide bonds. The van der Waals surface area contributed by atoms with Crippen LogP contribution in [0.1, 0.15) is 76.7 Å². The van der Waals surface area contributed by atoms with Crippen molar-refractivity contribution >= 4 is 11.4 Å². The quantitative estimate of drug-likeness (QED) is 0.166. The summed E-state index contributed by atoms with van der Waals surface area (Å²) in [7, 11) is 0. The number of phenolic OH excluding ortho intramolecular Hbond substituents is 1.